The summed E-state index contributed by atoms with van der Waals surface area (Å²) >= 11 is 0. The van der Waals surface area contributed by atoms with Crippen molar-refractivity contribution >= 4 is 11.9 Å². The number of aliphatic hydroxyl groups is 1. The fourth-order valence-electron chi connectivity index (χ4n) is 4.62. The Bertz CT molecular complexity index is 1050. The van der Waals surface area contributed by atoms with E-state index in [4.69, 9.17) is 0 Å². The first-order chi connectivity index (χ1) is 14.0. The highest BCUT2D eigenvalue weighted by atomic mass is 16.3. The lowest BCUT2D eigenvalue weighted by atomic mass is 9.61. The lowest BCUT2D eigenvalue weighted by molar-refractivity contribution is -0.113. The summed E-state index contributed by atoms with van der Waals surface area (Å²) in [5.41, 5.74) is 5.38. The van der Waals surface area contributed by atoms with Gasteiger partial charge in [-0.2, -0.15) is 0 Å². The van der Waals surface area contributed by atoms with Gasteiger partial charge in [0.2, 0.25) is 0 Å². The van der Waals surface area contributed by atoms with Gasteiger partial charge in [0.25, 0.3) is 0 Å². The van der Waals surface area contributed by atoms with Crippen LogP contribution in [0.1, 0.15) is 56.2 Å². The topological polar surface area (TPSA) is 37.3 Å². The predicted octanol–water partition coefficient (Wildman–Crippen LogP) is 5.31. The summed E-state index contributed by atoms with van der Waals surface area (Å²) in [6, 6.07) is 17.9. The molecule has 0 spiro atoms. The number of hydrogen-bond acceptors (Lipinski definition) is 2. The fourth-order valence-corrected chi connectivity index (χ4v) is 4.62. The van der Waals surface area contributed by atoms with Gasteiger partial charge < -0.3 is 5.11 Å². The maximum Gasteiger partial charge on any atom is 0.184 e. The SMILES string of the molecule is CC1=C2CCC[C@H](O)[C@@]2(C)C/C(=C\c2ccc(C#Cc3ccccc3)cc2)C1=O. The highest BCUT2D eigenvalue weighted by Crippen LogP contribution is 2.50. The van der Waals surface area contributed by atoms with Gasteiger partial charge in [0.1, 0.15) is 0 Å². The zero-order valence-electron chi connectivity index (χ0n) is 17.0. The zero-order chi connectivity index (χ0) is 20.4. The van der Waals surface area contributed by atoms with Crippen LogP contribution in [-0.4, -0.2) is 17.0 Å². The smallest absolute Gasteiger partial charge is 0.184 e. The molecule has 2 aromatic carbocycles. The Morgan fingerprint density at radius 3 is 2.38 bits per heavy atom. The minimum absolute atomic E-state index is 0.125. The van der Waals surface area contributed by atoms with Gasteiger partial charge in [0.05, 0.1) is 6.10 Å². The van der Waals surface area contributed by atoms with Crippen LogP contribution in [0.15, 0.2) is 71.3 Å². The van der Waals surface area contributed by atoms with E-state index in [1.54, 1.807) is 0 Å². The molecule has 2 atom stereocenters. The molecular formula is C27H26O2. The Morgan fingerprint density at radius 1 is 1.03 bits per heavy atom. The first kappa shape index (κ1) is 19.4. The van der Waals surface area contributed by atoms with Gasteiger partial charge >= 0.3 is 0 Å². The number of fused-ring (bicyclic) bond motifs is 1. The molecule has 146 valence electrons. The van der Waals surface area contributed by atoms with Crippen LogP contribution >= 0.6 is 0 Å². The second kappa shape index (κ2) is 7.85. The van der Waals surface area contributed by atoms with Crippen molar-refractivity contribution in [2.24, 2.45) is 5.41 Å². The summed E-state index contributed by atoms with van der Waals surface area (Å²) < 4.78 is 0. The summed E-state index contributed by atoms with van der Waals surface area (Å²) in [7, 11) is 0. The van der Waals surface area contributed by atoms with E-state index >= 15 is 0 Å². The first-order valence-electron chi connectivity index (χ1n) is 10.3. The van der Waals surface area contributed by atoms with Crippen LogP contribution in [-0.2, 0) is 4.79 Å². The molecule has 1 N–H and O–H groups in total. The van der Waals surface area contributed by atoms with E-state index in [9.17, 15) is 9.90 Å². The third kappa shape index (κ3) is 3.84. The minimum Gasteiger partial charge on any atom is -0.392 e. The Morgan fingerprint density at radius 2 is 1.69 bits per heavy atom. The molecule has 29 heavy (non-hydrogen) atoms. The maximum absolute atomic E-state index is 12.9. The van der Waals surface area contributed by atoms with Crippen molar-refractivity contribution in [2.75, 3.05) is 0 Å². The summed E-state index contributed by atoms with van der Waals surface area (Å²) in [6.45, 7) is 4.03. The van der Waals surface area contributed by atoms with Gasteiger partial charge in [0, 0.05) is 22.1 Å². The third-order valence-corrected chi connectivity index (χ3v) is 6.35. The lowest BCUT2D eigenvalue weighted by Crippen LogP contribution is -2.42. The van der Waals surface area contributed by atoms with Crippen molar-refractivity contribution in [3.05, 3.63) is 88.0 Å². The molecule has 2 aromatic rings. The molecule has 0 aliphatic heterocycles. The van der Waals surface area contributed by atoms with Gasteiger partial charge in [-0.05, 0) is 74.1 Å². The van der Waals surface area contributed by atoms with Crippen LogP contribution in [0.25, 0.3) is 6.08 Å². The molecule has 2 aliphatic carbocycles. The maximum atomic E-state index is 12.9. The van der Waals surface area contributed by atoms with Crippen molar-refractivity contribution < 1.29 is 9.90 Å². The van der Waals surface area contributed by atoms with Crippen LogP contribution in [0.4, 0.5) is 0 Å². The van der Waals surface area contributed by atoms with Crippen LogP contribution < -0.4 is 0 Å². The van der Waals surface area contributed by atoms with Gasteiger partial charge in [-0.15, -0.1) is 0 Å². The van der Waals surface area contributed by atoms with Crippen LogP contribution in [0.2, 0.25) is 0 Å². The molecule has 0 aromatic heterocycles. The number of carbonyl (C=O) groups excluding carboxylic acids is 1. The third-order valence-electron chi connectivity index (χ3n) is 6.35. The minimum atomic E-state index is -0.381. The van der Waals surface area contributed by atoms with Crippen LogP contribution in [0, 0.1) is 17.3 Å². The molecule has 0 radical (unpaired) electrons. The molecule has 2 nitrogen and oxygen atoms in total. The van der Waals surface area contributed by atoms with E-state index in [0.717, 1.165) is 52.7 Å². The lowest BCUT2D eigenvalue weighted by Gasteiger charge is -2.45. The highest BCUT2D eigenvalue weighted by Gasteiger charge is 2.45. The Kier molecular flexibility index (Phi) is 5.26. The molecular weight excluding hydrogens is 356 g/mol. The van der Waals surface area contributed by atoms with E-state index in [1.165, 1.54) is 0 Å². The number of aliphatic hydroxyl groups excluding tert-OH is 1. The molecule has 2 aliphatic rings. The largest absolute Gasteiger partial charge is 0.392 e. The summed E-state index contributed by atoms with van der Waals surface area (Å²) in [5.74, 6) is 6.47. The summed E-state index contributed by atoms with van der Waals surface area (Å²) in [6.07, 6.45) is 4.89. The average Bonchev–Trinajstić information content (AvgIpc) is 2.74. The molecule has 0 saturated heterocycles. The monoisotopic (exact) mass is 382 g/mol. The second-order valence-electron chi connectivity index (χ2n) is 8.34. The number of carbonyl (C=O) groups is 1. The predicted molar refractivity (Wildman–Crippen MR) is 117 cm³/mol. The second-order valence-corrected chi connectivity index (χ2v) is 8.34. The van der Waals surface area contributed by atoms with Gasteiger partial charge in [-0.1, -0.05) is 54.7 Å². The molecule has 4 rings (SSSR count). The first-order valence-corrected chi connectivity index (χ1v) is 10.3. The van der Waals surface area contributed by atoms with Gasteiger partial charge in [-0.3, -0.25) is 4.79 Å². The quantitative estimate of drug-likeness (QED) is 0.536. The van der Waals surface area contributed by atoms with Crippen LogP contribution in [0.3, 0.4) is 0 Å². The van der Waals surface area contributed by atoms with Crippen molar-refractivity contribution in [3.63, 3.8) is 0 Å². The number of ketones is 1. The standard InChI is InChI=1S/C27H26O2/c1-19-24-9-6-10-25(28)27(24,2)18-23(26(19)29)17-22-15-13-21(14-16-22)12-11-20-7-4-3-5-8-20/h3-5,7-8,13-17,25,28H,6,9-10,18H2,1-2H3/b23-17+/t25-,27-/m0/s1. The van der Waals surface area contributed by atoms with E-state index < -0.39 is 0 Å². The van der Waals surface area contributed by atoms with Crippen LogP contribution in [0.5, 0.6) is 0 Å². The van der Waals surface area contributed by atoms with E-state index in [0.29, 0.717) is 6.42 Å². The van der Waals surface area contributed by atoms with Gasteiger partial charge in [0.15, 0.2) is 5.78 Å². The van der Waals surface area contributed by atoms with Crippen molar-refractivity contribution in [3.8, 4) is 11.8 Å². The number of Topliss-reactive ketones (excluding diaryl/α,β-unsaturated/α-hetero) is 1. The van der Waals surface area contributed by atoms with E-state index in [-0.39, 0.29) is 17.3 Å². The molecule has 0 unspecified atom stereocenters. The van der Waals surface area contributed by atoms with Crippen molar-refractivity contribution in [1.82, 2.24) is 0 Å². The fraction of sp³-hybridized carbons (Fsp3) is 0.296. The molecule has 1 fully saturated rings. The average molecular weight is 383 g/mol. The van der Waals surface area contributed by atoms with E-state index in [2.05, 4.69) is 18.8 Å². The molecule has 0 bridgehead atoms. The molecule has 0 heterocycles. The molecule has 2 heteroatoms. The van der Waals surface area contributed by atoms with Crippen molar-refractivity contribution in [2.45, 2.75) is 45.6 Å². The zero-order valence-corrected chi connectivity index (χ0v) is 17.0. The number of rotatable bonds is 1. The summed E-state index contributed by atoms with van der Waals surface area (Å²) in [4.78, 5) is 12.9. The Balaban J connectivity index is 1.59. The van der Waals surface area contributed by atoms with Crippen molar-refractivity contribution in [1.29, 1.82) is 0 Å². The highest BCUT2D eigenvalue weighted by molar-refractivity contribution is 6.12. The normalized spacial score (nSPS) is 25.4. The Hall–Kier alpha value is -2.89. The number of allylic oxidation sites excluding steroid dienone is 2. The van der Waals surface area contributed by atoms with Gasteiger partial charge in [-0.25, -0.2) is 0 Å². The number of benzene rings is 2. The summed E-state index contributed by atoms with van der Waals surface area (Å²) in [5, 5.41) is 10.7. The number of hydrogen-bond donors (Lipinski definition) is 1. The molecule has 0 amide bonds. The Labute approximate surface area is 173 Å². The molecule has 1 saturated carbocycles. The van der Waals surface area contributed by atoms with E-state index in [1.807, 2.05) is 67.6 Å².